The van der Waals surface area contributed by atoms with Crippen LogP contribution in [0.5, 0.6) is 5.75 Å². The molecule has 188 valence electrons. The van der Waals surface area contributed by atoms with Crippen LogP contribution >= 0.6 is 11.8 Å². The van der Waals surface area contributed by atoms with Crippen molar-refractivity contribution in [1.29, 1.82) is 0 Å². The highest BCUT2D eigenvalue weighted by Gasteiger charge is 2.20. The van der Waals surface area contributed by atoms with Crippen molar-refractivity contribution in [2.75, 3.05) is 7.11 Å². The Labute approximate surface area is 220 Å². The number of aromatic nitrogens is 2. The van der Waals surface area contributed by atoms with Gasteiger partial charge in [-0.05, 0) is 54.3 Å². The molecule has 1 aliphatic rings. The van der Waals surface area contributed by atoms with Gasteiger partial charge in [-0.1, -0.05) is 67.6 Å². The average molecular weight is 512 g/mol. The molecule has 0 radical (unpaired) electrons. The third kappa shape index (κ3) is 5.47. The molecule has 1 aliphatic carbocycles. The quantitative estimate of drug-likeness (QED) is 0.232. The third-order valence-corrected chi connectivity index (χ3v) is 7.70. The number of methoxy groups -OCH3 is 1. The lowest BCUT2D eigenvalue weighted by atomic mass is 10.1. The summed E-state index contributed by atoms with van der Waals surface area (Å²) < 4.78 is 7.01. The molecule has 1 amide bonds. The normalized spacial score (nSPS) is 13.5. The Bertz CT molecular complexity index is 1510. The zero-order chi connectivity index (χ0) is 25.8. The predicted molar refractivity (Wildman–Crippen MR) is 150 cm³/mol. The Balaban J connectivity index is 1.55. The van der Waals surface area contributed by atoms with E-state index in [0.29, 0.717) is 38.8 Å². The maximum atomic E-state index is 13.8. The zero-order valence-electron chi connectivity index (χ0n) is 20.8. The first kappa shape index (κ1) is 24.8. The van der Waals surface area contributed by atoms with E-state index in [4.69, 9.17) is 9.72 Å². The molecule has 0 bridgehead atoms. The van der Waals surface area contributed by atoms with Crippen LogP contribution in [0.25, 0.3) is 22.7 Å². The summed E-state index contributed by atoms with van der Waals surface area (Å²) in [4.78, 5) is 31.5. The summed E-state index contributed by atoms with van der Waals surface area (Å²) in [6.07, 6.45) is 6.12. The number of thioether (sulfide) groups is 1. The molecule has 1 aromatic heterocycles. The van der Waals surface area contributed by atoms with Crippen LogP contribution in [0, 0.1) is 0 Å². The van der Waals surface area contributed by atoms with Crippen LogP contribution in [0.2, 0.25) is 0 Å². The molecule has 7 heteroatoms. The molecule has 4 aromatic rings. The first-order valence-electron chi connectivity index (χ1n) is 12.4. The summed E-state index contributed by atoms with van der Waals surface area (Å²) in [5.41, 5.74) is 3.66. The molecule has 6 nitrogen and oxygen atoms in total. The number of amides is 1. The SMILES string of the molecule is C=Cc1ccc(CSc2nc3cc(C(=O)NC4CCCC4)ccc3c(=O)n2-c2cccc(OC)c2)cc1. The van der Waals surface area contributed by atoms with Gasteiger partial charge in [-0.25, -0.2) is 4.98 Å². The number of hydrogen-bond donors (Lipinski definition) is 1. The molecule has 0 aliphatic heterocycles. The van der Waals surface area contributed by atoms with E-state index in [1.54, 1.807) is 29.9 Å². The number of hydrogen-bond acceptors (Lipinski definition) is 5. The van der Waals surface area contributed by atoms with Crippen molar-refractivity contribution in [3.05, 3.63) is 100 Å². The molecule has 1 saturated carbocycles. The van der Waals surface area contributed by atoms with E-state index in [1.807, 2.05) is 54.6 Å². The van der Waals surface area contributed by atoms with Gasteiger partial charge in [0.1, 0.15) is 5.75 Å². The van der Waals surface area contributed by atoms with E-state index >= 15 is 0 Å². The monoisotopic (exact) mass is 511 g/mol. The first-order valence-corrected chi connectivity index (χ1v) is 13.4. The van der Waals surface area contributed by atoms with E-state index in [0.717, 1.165) is 36.8 Å². The maximum absolute atomic E-state index is 13.8. The van der Waals surface area contributed by atoms with Crippen LogP contribution < -0.4 is 15.6 Å². The number of rotatable bonds is 8. The maximum Gasteiger partial charge on any atom is 0.266 e. The van der Waals surface area contributed by atoms with Gasteiger partial charge in [0.15, 0.2) is 5.16 Å². The fraction of sp³-hybridized carbons (Fsp3) is 0.233. The Morgan fingerprint density at radius 1 is 1.14 bits per heavy atom. The zero-order valence-corrected chi connectivity index (χ0v) is 21.6. The van der Waals surface area contributed by atoms with Gasteiger partial charge >= 0.3 is 0 Å². The number of benzene rings is 3. The minimum Gasteiger partial charge on any atom is -0.497 e. The van der Waals surface area contributed by atoms with Gasteiger partial charge in [-0.3, -0.25) is 14.2 Å². The lowest BCUT2D eigenvalue weighted by molar-refractivity contribution is 0.0938. The average Bonchev–Trinajstić information content (AvgIpc) is 3.45. The highest BCUT2D eigenvalue weighted by atomic mass is 32.2. The largest absolute Gasteiger partial charge is 0.497 e. The fourth-order valence-corrected chi connectivity index (χ4v) is 5.59. The molecule has 1 fully saturated rings. The van der Waals surface area contributed by atoms with Gasteiger partial charge in [0.25, 0.3) is 11.5 Å². The highest BCUT2D eigenvalue weighted by Crippen LogP contribution is 2.27. The minimum absolute atomic E-state index is 0.121. The minimum atomic E-state index is -0.189. The van der Waals surface area contributed by atoms with E-state index in [9.17, 15) is 9.59 Å². The van der Waals surface area contributed by atoms with E-state index < -0.39 is 0 Å². The highest BCUT2D eigenvalue weighted by molar-refractivity contribution is 7.98. The third-order valence-electron chi connectivity index (χ3n) is 6.69. The molecule has 0 saturated heterocycles. The van der Waals surface area contributed by atoms with Gasteiger partial charge in [-0.2, -0.15) is 0 Å². The van der Waals surface area contributed by atoms with Gasteiger partial charge in [0.2, 0.25) is 0 Å². The molecule has 1 N–H and O–H groups in total. The van der Waals surface area contributed by atoms with E-state index in [2.05, 4.69) is 11.9 Å². The Morgan fingerprint density at radius 3 is 2.65 bits per heavy atom. The van der Waals surface area contributed by atoms with Crippen LogP contribution in [-0.2, 0) is 5.75 Å². The van der Waals surface area contributed by atoms with E-state index in [-0.39, 0.29) is 17.5 Å². The van der Waals surface area contributed by atoms with Gasteiger partial charge < -0.3 is 10.1 Å². The van der Waals surface area contributed by atoms with Crippen LogP contribution in [0.1, 0.15) is 47.2 Å². The van der Waals surface area contributed by atoms with Gasteiger partial charge in [0.05, 0.1) is 23.7 Å². The summed E-state index contributed by atoms with van der Waals surface area (Å²) >= 11 is 1.48. The first-order chi connectivity index (χ1) is 18.1. The molecule has 3 aromatic carbocycles. The molecular formula is C30H29N3O3S. The summed E-state index contributed by atoms with van der Waals surface area (Å²) in [5.74, 6) is 1.16. The second kappa shape index (κ2) is 11.0. The van der Waals surface area contributed by atoms with Crippen molar-refractivity contribution in [2.45, 2.75) is 42.6 Å². The molecule has 1 heterocycles. The summed E-state index contributed by atoms with van der Waals surface area (Å²) in [7, 11) is 1.60. The van der Waals surface area contributed by atoms with E-state index in [1.165, 1.54) is 11.8 Å². The van der Waals surface area contributed by atoms with Crippen LogP contribution in [0.15, 0.2) is 83.3 Å². The van der Waals surface area contributed by atoms with Crippen molar-refractivity contribution in [1.82, 2.24) is 14.9 Å². The van der Waals surface area contributed by atoms with Gasteiger partial charge in [0, 0.05) is 23.4 Å². The van der Waals surface area contributed by atoms with Crippen molar-refractivity contribution >= 4 is 34.6 Å². The van der Waals surface area contributed by atoms with Crippen molar-refractivity contribution in [3.8, 4) is 11.4 Å². The van der Waals surface area contributed by atoms with Crippen LogP contribution in [-0.4, -0.2) is 28.6 Å². The molecule has 37 heavy (non-hydrogen) atoms. The van der Waals surface area contributed by atoms with Crippen molar-refractivity contribution in [2.24, 2.45) is 0 Å². The number of fused-ring (bicyclic) bond motifs is 1. The Morgan fingerprint density at radius 2 is 1.92 bits per heavy atom. The van der Waals surface area contributed by atoms with Crippen molar-refractivity contribution in [3.63, 3.8) is 0 Å². The topological polar surface area (TPSA) is 73.2 Å². The number of ether oxygens (including phenoxy) is 1. The smallest absolute Gasteiger partial charge is 0.266 e. The lowest BCUT2D eigenvalue weighted by Crippen LogP contribution is -2.32. The summed E-state index contributed by atoms with van der Waals surface area (Å²) in [6, 6.07) is 20.8. The number of carbonyl (C=O) groups excluding carboxylic acids is 1. The molecule has 0 atom stereocenters. The number of carbonyl (C=O) groups is 1. The Kier molecular flexibility index (Phi) is 7.42. The molecular weight excluding hydrogens is 482 g/mol. The molecule has 0 spiro atoms. The van der Waals surface area contributed by atoms with Crippen LogP contribution in [0.4, 0.5) is 0 Å². The Hall–Kier alpha value is -3.84. The van der Waals surface area contributed by atoms with Crippen molar-refractivity contribution < 1.29 is 9.53 Å². The predicted octanol–water partition coefficient (Wildman–Crippen LogP) is 6.00. The number of nitrogens with zero attached hydrogens (tertiary/aromatic N) is 2. The molecule has 0 unspecified atom stereocenters. The fourth-order valence-electron chi connectivity index (χ4n) is 4.62. The lowest BCUT2D eigenvalue weighted by Gasteiger charge is -2.15. The number of nitrogens with one attached hydrogen (secondary N) is 1. The standard InChI is InChI=1S/C30H29N3O3S/c1-3-20-11-13-21(14-12-20)19-37-30-32-27-17-22(28(34)31-23-7-4-5-8-23)15-16-26(27)29(35)33(30)24-9-6-10-25(18-24)36-2/h3,6,9-18,23H,1,4-5,7-8,19H2,2H3,(H,31,34). The summed E-state index contributed by atoms with van der Waals surface area (Å²) in [6.45, 7) is 3.81. The van der Waals surface area contributed by atoms with Gasteiger partial charge in [-0.15, -0.1) is 0 Å². The second-order valence-electron chi connectivity index (χ2n) is 9.16. The van der Waals surface area contributed by atoms with Crippen LogP contribution in [0.3, 0.4) is 0 Å². The summed E-state index contributed by atoms with van der Waals surface area (Å²) in [5, 5.41) is 4.13. The molecule has 5 rings (SSSR count). The second-order valence-corrected chi connectivity index (χ2v) is 10.1.